The Morgan fingerprint density at radius 2 is 1.74 bits per heavy atom. The summed E-state index contributed by atoms with van der Waals surface area (Å²) in [6.45, 7) is 2.67. The number of nitrogens with zero attached hydrogens (tertiary/aromatic N) is 3. The molecule has 0 aliphatic carbocycles. The summed E-state index contributed by atoms with van der Waals surface area (Å²) in [4.78, 5) is 37.9. The maximum Gasteiger partial charge on any atom is 0.293 e. The van der Waals surface area contributed by atoms with Crippen LogP contribution in [0, 0.1) is 0 Å². The van der Waals surface area contributed by atoms with Crippen molar-refractivity contribution < 1.29 is 9.63 Å². The summed E-state index contributed by atoms with van der Waals surface area (Å²) in [7, 11) is 1.42. The predicted octanol–water partition coefficient (Wildman–Crippen LogP) is 4.79. The molecule has 0 saturated heterocycles. The smallest absolute Gasteiger partial charge is 0.293 e. The van der Waals surface area contributed by atoms with Gasteiger partial charge in [-0.05, 0) is 48.4 Å². The number of nitrogens with one attached hydrogen (secondary N) is 1. The van der Waals surface area contributed by atoms with E-state index in [1.807, 2.05) is 31.2 Å². The molecule has 1 aromatic heterocycles. The Kier molecular flexibility index (Phi) is 8.47. The fourth-order valence-electron chi connectivity index (χ4n) is 3.94. The number of benzene rings is 2. The maximum atomic E-state index is 13.3. The normalized spacial score (nSPS) is 13.5. The van der Waals surface area contributed by atoms with Crippen LogP contribution >= 0.6 is 35.6 Å². The van der Waals surface area contributed by atoms with Gasteiger partial charge in [0, 0.05) is 28.6 Å². The van der Waals surface area contributed by atoms with Gasteiger partial charge in [-0.1, -0.05) is 42.3 Å². The van der Waals surface area contributed by atoms with Gasteiger partial charge < -0.3 is 15.1 Å². The summed E-state index contributed by atoms with van der Waals surface area (Å²) in [6, 6.07) is 14.2. The molecule has 34 heavy (non-hydrogen) atoms. The first-order valence-corrected chi connectivity index (χ1v) is 11.4. The van der Waals surface area contributed by atoms with Gasteiger partial charge in [-0.25, -0.2) is 4.98 Å². The molecule has 10 heteroatoms. The van der Waals surface area contributed by atoms with Gasteiger partial charge in [0.2, 0.25) is 5.95 Å². The van der Waals surface area contributed by atoms with E-state index in [1.54, 1.807) is 29.2 Å². The lowest BCUT2D eigenvalue weighted by Crippen LogP contribution is -2.42. The van der Waals surface area contributed by atoms with Crippen molar-refractivity contribution in [1.29, 1.82) is 0 Å². The molecule has 180 valence electrons. The van der Waals surface area contributed by atoms with Gasteiger partial charge in [0.1, 0.15) is 7.11 Å². The lowest BCUT2D eigenvalue weighted by Gasteiger charge is -2.29. The Labute approximate surface area is 214 Å². The molecular weight excluding hydrogens is 499 g/mol. The fraction of sp³-hybridized carbons (Fsp3) is 0.292. The minimum Gasteiger partial charge on any atom is -0.411 e. The molecule has 4 rings (SSSR count). The molecule has 1 aliphatic heterocycles. The zero-order chi connectivity index (χ0) is 23.5. The van der Waals surface area contributed by atoms with Crippen LogP contribution in [0.5, 0.6) is 0 Å². The summed E-state index contributed by atoms with van der Waals surface area (Å²) in [5.41, 5.74) is 2.34. The maximum absolute atomic E-state index is 13.3. The first-order chi connectivity index (χ1) is 15.9. The van der Waals surface area contributed by atoms with Crippen molar-refractivity contribution in [1.82, 2.24) is 14.6 Å². The lowest BCUT2D eigenvalue weighted by atomic mass is 10.0. The van der Waals surface area contributed by atoms with Gasteiger partial charge in [0.05, 0.1) is 23.8 Å². The molecule has 1 atom stereocenters. The van der Waals surface area contributed by atoms with Crippen molar-refractivity contribution in [3.8, 4) is 0 Å². The third-order valence-electron chi connectivity index (χ3n) is 5.74. The van der Waals surface area contributed by atoms with Crippen LogP contribution in [0.4, 0.5) is 5.95 Å². The van der Waals surface area contributed by atoms with Crippen molar-refractivity contribution in [3.63, 3.8) is 0 Å². The van der Waals surface area contributed by atoms with Crippen LogP contribution < -0.4 is 15.7 Å². The minimum absolute atomic E-state index is 0. The Morgan fingerprint density at radius 3 is 2.32 bits per heavy atom. The minimum atomic E-state index is -0.329. The number of carbonyl (C=O) groups is 1. The van der Waals surface area contributed by atoms with E-state index in [2.05, 4.69) is 5.32 Å². The topological polar surface area (TPSA) is 76.5 Å². The molecule has 2 heterocycles. The number of fused-ring (bicyclic) bond motifs is 1. The Bertz CT molecular complexity index is 1210. The largest absolute Gasteiger partial charge is 0.411 e. The van der Waals surface area contributed by atoms with Crippen molar-refractivity contribution in [2.45, 2.75) is 32.4 Å². The van der Waals surface area contributed by atoms with Crippen LogP contribution in [0.3, 0.4) is 0 Å². The van der Waals surface area contributed by atoms with Crippen molar-refractivity contribution >= 4 is 47.5 Å². The first kappa shape index (κ1) is 25.9. The van der Waals surface area contributed by atoms with E-state index in [-0.39, 0.29) is 36.5 Å². The van der Waals surface area contributed by atoms with Crippen LogP contribution in [0.1, 0.15) is 46.6 Å². The SMILES string of the molecule is CCC(Nc1nc2c(c(=O)n1OC)CN(C(=O)c1ccc(Cl)cc1)CC2)c1ccc(Cl)cc1.Cl. The molecule has 0 bridgehead atoms. The second-order valence-corrected chi connectivity index (χ2v) is 8.66. The van der Waals surface area contributed by atoms with E-state index in [4.69, 9.17) is 33.0 Å². The van der Waals surface area contributed by atoms with Crippen LogP contribution in [-0.2, 0) is 13.0 Å². The zero-order valence-electron chi connectivity index (χ0n) is 18.8. The second kappa shape index (κ2) is 11.1. The number of halogens is 3. The van der Waals surface area contributed by atoms with Gasteiger partial charge in [-0.15, -0.1) is 17.1 Å². The Morgan fingerprint density at radius 1 is 1.12 bits per heavy atom. The average molecular weight is 524 g/mol. The molecule has 0 saturated carbocycles. The number of hydrogen-bond donors (Lipinski definition) is 1. The third kappa shape index (κ3) is 5.32. The number of amides is 1. The van der Waals surface area contributed by atoms with Crippen molar-refractivity contribution in [2.24, 2.45) is 0 Å². The molecule has 1 unspecified atom stereocenters. The number of aromatic nitrogens is 2. The number of carbonyl (C=O) groups excluding carboxylic acids is 1. The van der Waals surface area contributed by atoms with Crippen LogP contribution in [0.2, 0.25) is 10.0 Å². The highest BCUT2D eigenvalue weighted by molar-refractivity contribution is 6.30. The molecular formula is C24H25Cl3N4O3. The molecule has 0 fully saturated rings. The highest BCUT2D eigenvalue weighted by Gasteiger charge is 2.28. The molecule has 2 aromatic carbocycles. The van der Waals surface area contributed by atoms with Gasteiger partial charge in [0.25, 0.3) is 11.5 Å². The van der Waals surface area contributed by atoms with Gasteiger partial charge in [-0.2, -0.15) is 0 Å². The summed E-state index contributed by atoms with van der Waals surface area (Å²) < 4.78 is 1.15. The van der Waals surface area contributed by atoms with E-state index in [9.17, 15) is 9.59 Å². The van der Waals surface area contributed by atoms with Crippen LogP contribution in [0.15, 0.2) is 53.3 Å². The van der Waals surface area contributed by atoms with E-state index in [0.29, 0.717) is 45.8 Å². The second-order valence-electron chi connectivity index (χ2n) is 7.78. The highest BCUT2D eigenvalue weighted by atomic mass is 35.5. The monoisotopic (exact) mass is 522 g/mol. The third-order valence-corrected chi connectivity index (χ3v) is 6.24. The van der Waals surface area contributed by atoms with Gasteiger partial charge >= 0.3 is 0 Å². The van der Waals surface area contributed by atoms with Crippen molar-refractivity contribution in [3.05, 3.63) is 91.3 Å². The molecule has 0 spiro atoms. The summed E-state index contributed by atoms with van der Waals surface area (Å²) in [5, 5.41) is 4.55. The van der Waals surface area contributed by atoms with Gasteiger partial charge in [-0.3, -0.25) is 9.59 Å². The van der Waals surface area contributed by atoms with E-state index in [0.717, 1.165) is 16.7 Å². The fourth-order valence-corrected chi connectivity index (χ4v) is 4.19. The molecule has 1 aliphatic rings. The number of anilines is 1. The Hall–Kier alpha value is -2.74. The molecule has 7 nitrogen and oxygen atoms in total. The van der Waals surface area contributed by atoms with E-state index < -0.39 is 0 Å². The quantitative estimate of drug-likeness (QED) is 0.503. The summed E-state index contributed by atoms with van der Waals surface area (Å²) in [6.07, 6.45) is 1.24. The molecule has 0 radical (unpaired) electrons. The highest BCUT2D eigenvalue weighted by Crippen LogP contribution is 2.24. The lowest BCUT2D eigenvalue weighted by molar-refractivity contribution is 0.0728. The molecule has 1 amide bonds. The molecule has 3 aromatic rings. The number of hydrogen-bond acceptors (Lipinski definition) is 5. The predicted molar refractivity (Wildman–Crippen MR) is 136 cm³/mol. The zero-order valence-corrected chi connectivity index (χ0v) is 21.1. The first-order valence-electron chi connectivity index (χ1n) is 10.7. The Balaban J connectivity index is 0.00000324. The summed E-state index contributed by atoms with van der Waals surface area (Å²) in [5.74, 6) is 0.178. The van der Waals surface area contributed by atoms with E-state index >= 15 is 0 Å². The standard InChI is InChI=1S/C24H24Cl2N4O3.ClH/c1-3-20(15-4-8-17(25)9-5-15)27-24-28-21-12-13-29(14-19(21)23(32)30(24)33-2)22(31)16-6-10-18(26)11-7-16;/h4-11,20H,3,12-14H2,1-2H3,(H,27,28);1H. The van der Waals surface area contributed by atoms with Crippen LogP contribution in [0.25, 0.3) is 0 Å². The number of rotatable bonds is 6. The molecule has 1 N–H and O–H groups in total. The average Bonchev–Trinajstić information content (AvgIpc) is 2.83. The van der Waals surface area contributed by atoms with Gasteiger partial charge in [0.15, 0.2) is 0 Å². The van der Waals surface area contributed by atoms with E-state index in [1.165, 1.54) is 7.11 Å². The van der Waals surface area contributed by atoms with Crippen LogP contribution in [-0.4, -0.2) is 34.2 Å². The summed E-state index contributed by atoms with van der Waals surface area (Å²) >= 11 is 11.9. The van der Waals surface area contributed by atoms with Crippen molar-refractivity contribution in [2.75, 3.05) is 19.0 Å².